The molecular formula is C19H28Cl2O2. The van der Waals surface area contributed by atoms with Gasteiger partial charge in [-0.2, -0.15) is 0 Å². The number of halogens is 2. The van der Waals surface area contributed by atoms with Crippen LogP contribution in [0.15, 0.2) is 18.2 Å². The van der Waals surface area contributed by atoms with Gasteiger partial charge >= 0.3 is 5.97 Å². The number of rotatable bonds is 12. The van der Waals surface area contributed by atoms with Crippen LogP contribution in [0, 0.1) is 0 Å². The van der Waals surface area contributed by atoms with Crippen LogP contribution in [0.3, 0.4) is 0 Å². The number of carbonyl (C=O) groups excluding carboxylic acids is 1. The van der Waals surface area contributed by atoms with Crippen LogP contribution in [-0.4, -0.2) is 5.97 Å². The summed E-state index contributed by atoms with van der Waals surface area (Å²) < 4.78 is 5.25. The largest absolute Gasteiger partial charge is 0.461 e. The Balaban J connectivity index is 2.01. The maximum absolute atomic E-state index is 11.7. The molecule has 0 aromatic heterocycles. The second-order valence-electron chi connectivity index (χ2n) is 5.99. The van der Waals surface area contributed by atoms with Gasteiger partial charge in [-0.05, 0) is 24.1 Å². The van der Waals surface area contributed by atoms with Crippen LogP contribution in [0.5, 0.6) is 0 Å². The summed E-state index contributed by atoms with van der Waals surface area (Å²) in [6, 6.07) is 5.27. The van der Waals surface area contributed by atoms with Crippen molar-refractivity contribution in [3.8, 4) is 0 Å². The molecular weight excluding hydrogens is 331 g/mol. The van der Waals surface area contributed by atoms with Crippen molar-refractivity contribution in [2.45, 2.75) is 77.7 Å². The summed E-state index contributed by atoms with van der Waals surface area (Å²) in [6.07, 6.45) is 11.7. The smallest absolute Gasteiger partial charge is 0.306 e. The number of benzene rings is 1. The highest BCUT2D eigenvalue weighted by atomic mass is 35.5. The van der Waals surface area contributed by atoms with Gasteiger partial charge in [0.1, 0.15) is 6.61 Å². The third kappa shape index (κ3) is 9.88. The van der Waals surface area contributed by atoms with Gasteiger partial charge in [0.05, 0.1) is 10.0 Å². The third-order valence-corrected chi connectivity index (χ3v) is 4.61. The molecule has 0 bridgehead atoms. The molecule has 0 saturated heterocycles. The monoisotopic (exact) mass is 358 g/mol. The zero-order valence-corrected chi connectivity index (χ0v) is 15.6. The lowest BCUT2D eigenvalue weighted by atomic mass is 10.1. The van der Waals surface area contributed by atoms with Crippen molar-refractivity contribution in [3.63, 3.8) is 0 Å². The van der Waals surface area contributed by atoms with E-state index >= 15 is 0 Å². The summed E-state index contributed by atoms with van der Waals surface area (Å²) in [6.45, 7) is 2.49. The van der Waals surface area contributed by atoms with E-state index in [2.05, 4.69) is 6.92 Å². The highest BCUT2D eigenvalue weighted by Crippen LogP contribution is 2.23. The Morgan fingerprint density at radius 3 is 2.13 bits per heavy atom. The van der Waals surface area contributed by atoms with Gasteiger partial charge in [-0.25, -0.2) is 0 Å². The fraction of sp³-hybridized carbons (Fsp3) is 0.632. The molecule has 0 radical (unpaired) electrons. The van der Waals surface area contributed by atoms with Crippen LogP contribution in [0.4, 0.5) is 0 Å². The quantitative estimate of drug-likeness (QED) is 0.298. The minimum Gasteiger partial charge on any atom is -0.461 e. The number of esters is 1. The number of ether oxygens (including phenoxy) is 1. The van der Waals surface area contributed by atoms with E-state index in [4.69, 9.17) is 27.9 Å². The van der Waals surface area contributed by atoms with Crippen molar-refractivity contribution in [2.75, 3.05) is 0 Å². The first kappa shape index (κ1) is 20.3. The van der Waals surface area contributed by atoms with Crippen molar-refractivity contribution in [1.82, 2.24) is 0 Å². The van der Waals surface area contributed by atoms with Gasteiger partial charge in [0.15, 0.2) is 0 Å². The maximum Gasteiger partial charge on any atom is 0.306 e. The summed E-state index contributed by atoms with van der Waals surface area (Å²) in [5.74, 6) is -0.140. The zero-order chi connectivity index (χ0) is 16.9. The van der Waals surface area contributed by atoms with Crippen LogP contribution in [0.25, 0.3) is 0 Å². The molecule has 0 unspecified atom stereocenters. The Morgan fingerprint density at radius 2 is 1.52 bits per heavy atom. The molecule has 23 heavy (non-hydrogen) atoms. The van der Waals surface area contributed by atoms with E-state index in [9.17, 15) is 4.79 Å². The van der Waals surface area contributed by atoms with Crippen molar-refractivity contribution < 1.29 is 9.53 Å². The van der Waals surface area contributed by atoms with E-state index in [-0.39, 0.29) is 12.6 Å². The summed E-state index contributed by atoms with van der Waals surface area (Å²) in [7, 11) is 0. The minimum atomic E-state index is -0.140. The summed E-state index contributed by atoms with van der Waals surface area (Å²) in [5.41, 5.74) is 0.861. The van der Waals surface area contributed by atoms with E-state index in [0.29, 0.717) is 16.5 Å². The summed E-state index contributed by atoms with van der Waals surface area (Å²) >= 11 is 11.8. The van der Waals surface area contributed by atoms with Crippen LogP contribution in [0.2, 0.25) is 10.0 Å². The molecule has 0 spiro atoms. The first-order chi connectivity index (χ1) is 11.1. The van der Waals surface area contributed by atoms with Gasteiger partial charge in [0.25, 0.3) is 0 Å². The number of unbranched alkanes of at least 4 members (excludes halogenated alkanes) is 8. The van der Waals surface area contributed by atoms with Gasteiger partial charge < -0.3 is 4.74 Å². The molecule has 130 valence electrons. The minimum absolute atomic E-state index is 0.140. The molecule has 0 aliphatic rings. The average molecular weight is 359 g/mol. The standard InChI is InChI=1S/C19H28Cl2O2/c1-2-3-4-5-6-7-8-9-10-11-19(22)23-15-16-12-13-17(20)18(21)14-16/h12-14H,2-11,15H2,1H3. The fourth-order valence-electron chi connectivity index (χ4n) is 2.45. The van der Waals surface area contributed by atoms with E-state index < -0.39 is 0 Å². The Labute approximate surface area is 150 Å². The molecule has 0 saturated carbocycles. The van der Waals surface area contributed by atoms with Crippen LogP contribution < -0.4 is 0 Å². The van der Waals surface area contributed by atoms with Crippen LogP contribution >= 0.6 is 23.2 Å². The molecule has 4 heteroatoms. The molecule has 0 atom stereocenters. The van der Waals surface area contributed by atoms with E-state index in [1.807, 2.05) is 6.07 Å². The van der Waals surface area contributed by atoms with Gasteiger partial charge in [-0.3, -0.25) is 4.79 Å². The predicted molar refractivity (Wildman–Crippen MR) is 98.1 cm³/mol. The van der Waals surface area contributed by atoms with Gasteiger partial charge in [0, 0.05) is 6.42 Å². The fourth-order valence-corrected chi connectivity index (χ4v) is 2.77. The Kier molecular flexibility index (Phi) is 11.2. The molecule has 1 aromatic rings. The Bertz CT molecular complexity index is 461. The Hall–Kier alpha value is -0.730. The zero-order valence-electron chi connectivity index (χ0n) is 14.1. The molecule has 2 nitrogen and oxygen atoms in total. The first-order valence-corrected chi connectivity index (χ1v) is 9.48. The molecule has 0 fully saturated rings. The molecule has 0 heterocycles. The third-order valence-electron chi connectivity index (χ3n) is 3.87. The SMILES string of the molecule is CCCCCCCCCCCC(=O)OCc1ccc(Cl)c(Cl)c1. The van der Waals surface area contributed by atoms with Gasteiger partial charge in [0.2, 0.25) is 0 Å². The van der Waals surface area contributed by atoms with Crippen molar-refractivity contribution >= 4 is 29.2 Å². The lowest BCUT2D eigenvalue weighted by molar-refractivity contribution is -0.145. The van der Waals surface area contributed by atoms with Crippen LogP contribution in [0.1, 0.15) is 76.7 Å². The molecule has 0 aliphatic carbocycles. The summed E-state index contributed by atoms with van der Waals surface area (Å²) in [5, 5.41) is 0.996. The van der Waals surface area contributed by atoms with E-state index in [0.717, 1.165) is 18.4 Å². The first-order valence-electron chi connectivity index (χ1n) is 8.73. The van der Waals surface area contributed by atoms with Crippen molar-refractivity contribution in [1.29, 1.82) is 0 Å². The number of hydrogen-bond acceptors (Lipinski definition) is 2. The second-order valence-corrected chi connectivity index (χ2v) is 6.80. The topological polar surface area (TPSA) is 26.3 Å². The van der Waals surface area contributed by atoms with E-state index in [1.165, 1.54) is 44.9 Å². The molecule has 0 aliphatic heterocycles. The van der Waals surface area contributed by atoms with E-state index in [1.54, 1.807) is 12.1 Å². The molecule has 0 amide bonds. The highest BCUT2D eigenvalue weighted by Gasteiger charge is 2.05. The van der Waals surface area contributed by atoms with Gasteiger partial charge in [-0.15, -0.1) is 0 Å². The number of hydrogen-bond donors (Lipinski definition) is 0. The molecule has 0 N–H and O–H groups in total. The average Bonchev–Trinajstić information content (AvgIpc) is 2.54. The predicted octanol–water partition coefficient (Wildman–Crippen LogP) is 6.96. The maximum atomic E-state index is 11.7. The second kappa shape index (κ2) is 12.7. The van der Waals surface area contributed by atoms with Crippen LogP contribution in [-0.2, 0) is 16.1 Å². The normalized spacial score (nSPS) is 10.7. The lowest BCUT2D eigenvalue weighted by Gasteiger charge is -2.06. The molecule has 1 rings (SSSR count). The lowest BCUT2D eigenvalue weighted by Crippen LogP contribution is -2.04. The molecule has 1 aromatic carbocycles. The van der Waals surface area contributed by atoms with Crippen molar-refractivity contribution in [3.05, 3.63) is 33.8 Å². The van der Waals surface area contributed by atoms with Gasteiger partial charge in [-0.1, -0.05) is 87.6 Å². The highest BCUT2D eigenvalue weighted by molar-refractivity contribution is 6.42. The van der Waals surface area contributed by atoms with Crippen molar-refractivity contribution in [2.24, 2.45) is 0 Å². The Morgan fingerprint density at radius 1 is 0.913 bits per heavy atom. The summed E-state index contributed by atoms with van der Waals surface area (Å²) in [4.78, 5) is 11.7. The number of carbonyl (C=O) groups is 1.